The number of nitrogens with zero attached hydrogens (tertiary/aromatic N) is 2. The van der Waals surface area contributed by atoms with Gasteiger partial charge in [-0.25, -0.2) is 4.98 Å². The van der Waals surface area contributed by atoms with Crippen molar-refractivity contribution in [2.45, 2.75) is 6.54 Å². The number of aromatic nitrogens is 1. The second-order valence-corrected chi connectivity index (χ2v) is 4.84. The Morgan fingerprint density at radius 3 is 2.55 bits per heavy atom. The SMILES string of the molecule is c1ccc(CNc2ccc(N3CCOCC3)nc2)cc1. The second kappa shape index (κ2) is 6.39. The lowest BCUT2D eigenvalue weighted by molar-refractivity contribution is 0.122. The molecule has 1 aliphatic heterocycles. The third-order valence-electron chi connectivity index (χ3n) is 3.42. The minimum Gasteiger partial charge on any atom is -0.380 e. The third kappa shape index (κ3) is 3.27. The summed E-state index contributed by atoms with van der Waals surface area (Å²) in [6, 6.07) is 14.5. The number of hydrogen-bond acceptors (Lipinski definition) is 4. The lowest BCUT2D eigenvalue weighted by atomic mass is 10.2. The van der Waals surface area contributed by atoms with Gasteiger partial charge in [0, 0.05) is 19.6 Å². The fraction of sp³-hybridized carbons (Fsp3) is 0.312. The third-order valence-corrected chi connectivity index (χ3v) is 3.42. The number of pyridine rings is 1. The van der Waals surface area contributed by atoms with Crippen molar-refractivity contribution in [3.8, 4) is 0 Å². The average Bonchev–Trinajstić information content (AvgIpc) is 2.55. The fourth-order valence-corrected chi connectivity index (χ4v) is 2.27. The van der Waals surface area contributed by atoms with Crippen LogP contribution >= 0.6 is 0 Å². The zero-order valence-corrected chi connectivity index (χ0v) is 11.5. The molecule has 4 nitrogen and oxygen atoms in total. The predicted molar refractivity (Wildman–Crippen MR) is 81.0 cm³/mol. The average molecular weight is 269 g/mol. The van der Waals surface area contributed by atoms with Gasteiger partial charge in [0.15, 0.2) is 0 Å². The van der Waals surface area contributed by atoms with Gasteiger partial charge < -0.3 is 15.0 Å². The fourth-order valence-electron chi connectivity index (χ4n) is 2.27. The monoisotopic (exact) mass is 269 g/mol. The van der Waals surface area contributed by atoms with Crippen LogP contribution in [0.2, 0.25) is 0 Å². The molecule has 0 saturated carbocycles. The van der Waals surface area contributed by atoms with E-state index in [-0.39, 0.29) is 0 Å². The molecule has 0 aliphatic carbocycles. The van der Waals surface area contributed by atoms with Crippen molar-refractivity contribution in [3.05, 3.63) is 54.2 Å². The molecule has 1 fully saturated rings. The van der Waals surface area contributed by atoms with E-state index in [2.05, 4.69) is 51.6 Å². The molecule has 1 aromatic heterocycles. The van der Waals surface area contributed by atoms with Crippen molar-refractivity contribution >= 4 is 11.5 Å². The molecule has 4 heteroatoms. The van der Waals surface area contributed by atoms with Gasteiger partial charge in [-0.15, -0.1) is 0 Å². The van der Waals surface area contributed by atoms with E-state index in [0.29, 0.717) is 0 Å². The second-order valence-electron chi connectivity index (χ2n) is 4.84. The molecule has 0 radical (unpaired) electrons. The van der Waals surface area contributed by atoms with Gasteiger partial charge in [-0.05, 0) is 17.7 Å². The Balaban J connectivity index is 1.58. The first-order chi connectivity index (χ1) is 9.92. The molecule has 0 spiro atoms. The first-order valence-corrected chi connectivity index (χ1v) is 6.98. The Hall–Kier alpha value is -2.07. The quantitative estimate of drug-likeness (QED) is 0.925. The molecule has 1 N–H and O–H groups in total. The predicted octanol–water partition coefficient (Wildman–Crippen LogP) is 2.53. The zero-order chi connectivity index (χ0) is 13.6. The Labute approximate surface area is 119 Å². The summed E-state index contributed by atoms with van der Waals surface area (Å²) in [6.07, 6.45) is 1.90. The van der Waals surface area contributed by atoms with Crippen LogP contribution in [0.5, 0.6) is 0 Å². The van der Waals surface area contributed by atoms with Gasteiger partial charge in [0.25, 0.3) is 0 Å². The molecule has 1 saturated heterocycles. The first kappa shape index (κ1) is 12.9. The first-order valence-electron chi connectivity index (χ1n) is 6.98. The molecule has 1 aromatic carbocycles. The van der Waals surface area contributed by atoms with E-state index in [0.717, 1.165) is 44.4 Å². The van der Waals surface area contributed by atoms with Gasteiger partial charge in [-0.3, -0.25) is 0 Å². The van der Waals surface area contributed by atoms with Crippen molar-refractivity contribution < 1.29 is 4.74 Å². The summed E-state index contributed by atoms with van der Waals surface area (Å²) in [4.78, 5) is 6.78. The molecule has 20 heavy (non-hydrogen) atoms. The number of rotatable bonds is 4. The molecule has 0 amide bonds. The highest BCUT2D eigenvalue weighted by atomic mass is 16.5. The van der Waals surface area contributed by atoms with Crippen LogP contribution in [-0.2, 0) is 11.3 Å². The number of nitrogens with one attached hydrogen (secondary N) is 1. The zero-order valence-electron chi connectivity index (χ0n) is 11.5. The van der Waals surface area contributed by atoms with Crippen LogP contribution in [-0.4, -0.2) is 31.3 Å². The number of benzene rings is 1. The van der Waals surface area contributed by atoms with E-state index in [1.807, 2.05) is 12.3 Å². The minimum atomic E-state index is 0.787. The van der Waals surface area contributed by atoms with E-state index < -0.39 is 0 Å². The van der Waals surface area contributed by atoms with Crippen LogP contribution in [0.4, 0.5) is 11.5 Å². The van der Waals surface area contributed by atoms with Crippen molar-refractivity contribution in [1.29, 1.82) is 0 Å². The number of hydrogen-bond donors (Lipinski definition) is 1. The van der Waals surface area contributed by atoms with Gasteiger partial charge in [0.05, 0.1) is 25.1 Å². The maximum absolute atomic E-state index is 5.35. The van der Waals surface area contributed by atoms with Gasteiger partial charge in [-0.1, -0.05) is 30.3 Å². The van der Waals surface area contributed by atoms with E-state index in [1.165, 1.54) is 5.56 Å². The number of ether oxygens (including phenoxy) is 1. The standard InChI is InChI=1S/C16H19N3O/c1-2-4-14(5-3-1)12-17-15-6-7-16(18-13-15)19-8-10-20-11-9-19/h1-7,13,17H,8-12H2. The molecule has 0 unspecified atom stereocenters. The van der Waals surface area contributed by atoms with Crippen LogP contribution in [0, 0.1) is 0 Å². The molecule has 0 atom stereocenters. The van der Waals surface area contributed by atoms with Crippen molar-refractivity contribution in [3.63, 3.8) is 0 Å². The summed E-state index contributed by atoms with van der Waals surface area (Å²) in [6.45, 7) is 4.23. The van der Waals surface area contributed by atoms with E-state index in [9.17, 15) is 0 Å². The Morgan fingerprint density at radius 2 is 1.85 bits per heavy atom. The Kier molecular flexibility index (Phi) is 4.13. The van der Waals surface area contributed by atoms with Crippen molar-refractivity contribution in [2.75, 3.05) is 36.5 Å². The summed E-state index contributed by atoms with van der Waals surface area (Å²) in [5, 5.41) is 3.39. The van der Waals surface area contributed by atoms with E-state index in [1.54, 1.807) is 0 Å². The van der Waals surface area contributed by atoms with Gasteiger partial charge in [-0.2, -0.15) is 0 Å². The van der Waals surface area contributed by atoms with Crippen LogP contribution in [0.15, 0.2) is 48.7 Å². The highest BCUT2D eigenvalue weighted by Crippen LogP contribution is 2.16. The molecule has 1 aliphatic rings. The Morgan fingerprint density at radius 1 is 1.05 bits per heavy atom. The lowest BCUT2D eigenvalue weighted by Gasteiger charge is -2.27. The van der Waals surface area contributed by atoms with Gasteiger partial charge >= 0.3 is 0 Å². The Bertz CT molecular complexity index is 521. The number of anilines is 2. The van der Waals surface area contributed by atoms with E-state index >= 15 is 0 Å². The van der Waals surface area contributed by atoms with Crippen LogP contribution < -0.4 is 10.2 Å². The highest BCUT2D eigenvalue weighted by molar-refractivity contribution is 5.49. The smallest absolute Gasteiger partial charge is 0.128 e. The summed E-state index contributed by atoms with van der Waals surface area (Å²) < 4.78 is 5.35. The molecule has 2 heterocycles. The summed E-state index contributed by atoms with van der Waals surface area (Å²) in [5.74, 6) is 1.03. The largest absolute Gasteiger partial charge is 0.380 e. The topological polar surface area (TPSA) is 37.4 Å². The van der Waals surface area contributed by atoms with Crippen LogP contribution in [0.3, 0.4) is 0 Å². The van der Waals surface area contributed by atoms with E-state index in [4.69, 9.17) is 4.74 Å². The lowest BCUT2D eigenvalue weighted by Crippen LogP contribution is -2.36. The van der Waals surface area contributed by atoms with Crippen molar-refractivity contribution in [2.24, 2.45) is 0 Å². The number of morpholine rings is 1. The molecular formula is C16H19N3O. The van der Waals surface area contributed by atoms with Crippen LogP contribution in [0.1, 0.15) is 5.56 Å². The molecular weight excluding hydrogens is 250 g/mol. The van der Waals surface area contributed by atoms with Gasteiger partial charge in [0.2, 0.25) is 0 Å². The highest BCUT2D eigenvalue weighted by Gasteiger charge is 2.11. The summed E-state index contributed by atoms with van der Waals surface area (Å²) in [5.41, 5.74) is 2.32. The molecule has 0 bridgehead atoms. The summed E-state index contributed by atoms with van der Waals surface area (Å²) in [7, 11) is 0. The molecule has 3 rings (SSSR count). The van der Waals surface area contributed by atoms with Gasteiger partial charge in [0.1, 0.15) is 5.82 Å². The normalized spacial score (nSPS) is 15.1. The molecule has 104 valence electrons. The summed E-state index contributed by atoms with van der Waals surface area (Å²) >= 11 is 0. The maximum atomic E-state index is 5.35. The minimum absolute atomic E-state index is 0.787. The van der Waals surface area contributed by atoms with Crippen LogP contribution in [0.25, 0.3) is 0 Å². The van der Waals surface area contributed by atoms with Crippen molar-refractivity contribution in [1.82, 2.24) is 4.98 Å². The molecule has 2 aromatic rings. The maximum Gasteiger partial charge on any atom is 0.128 e.